The predicted octanol–water partition coefficient (Wildman–Crippen LogP) is 10.6. The molecule has 0 aliphatic rings. The first-order valence-corrected chi connectivity index (χ1v) is 13.8. The molecule has 2 aromatic heterocycles. The Hall–Kier alpha value is -3.43. The van der Waals surface area contributed by atoms with Crippen LogP contribution in [0.15, 0.2) is 83.3 Å². The monoisotopic (exact) mass is 489 g/mol. The van der Waals surface area contributed by atoms with E-state index < -0.39 is 0 Å². The van der Waals surface area contributed by atoms with Crippen LogP contribution in [0.3, 0.4) is 0 Å². The van der Waals surface area contributed by atoms with E-state index in [1.165, 1.54) is 42.4 Å². The number of para-hydroxylation sites is 2. The molecule has 0 spiro atoms. The van der Waals surface area contributed by atoms with Gasteiger partial charge in [0.25, 0.3) is 0 Å². The third-order valence-electron chi connectivity index (χ3n) is 7.72. The van der Waals surface area contributed by atoms with Gasteiger partial charge in [-0.25, -0.2) is 4.98 Å². The van der Waals surface area contributed by atoms with Gasteiger partial charge in [0, 0.05) is 25.7 Å². The van der Waals surface area contributed by atoms with Gasteiger partial charge in [-0.15, -0.1) is 11.3 Å². The standard InChI is InChI=1S/C33H31NOS/c1-5-20(3)24-15-16-31-27(17-24)28-19-25(21(4)6-2)18-26(32(28)36-31)22-11-13-23(14-12-22)33-34-29-9-7-8-10-30(29)35-33/h7-21H,5-6H2,1-4H3. The van der Waals surface area contributed by atoms with Crippen LogP contribution in [0, 0.1) is 0 Å². The van der Waals surface area contributed by atoms with Crippen LogP contribution < -0.4 is 0 Å². The lowest BCUT2D eigenvalue weighted by molar-refractivity contribution is 0.620. The molecule has 180 valence electrons. The molecule has 0 amide bonds. The summed E-state index contributed by atoms with van der Waals surface area (Å²) < 4.78 is 8.74. The Bertz CT molecular complexity index is 1660. The zero-order valence-electron chi connectivity index (χ0n) is 21.3. The van der Waals surface area contributed by atoms with Crippen molar-refractivity contribution in [3.63, 3.8) is 0 Å². The largest absolute Gasteiger partial charge is 0.436 e. The summed E-state index contributed by atoms with van der Waals surface area (Å²) in [4.78, 5) is 4.68. The van der Waals surface area contributed by atoms with Crippen molar-refractivity contribution in [1.29, 1.82) is 0 Å². The Morgan fingerprint density at radius 3 is 2.19 bits per heavy atom. The number of hydrogen-bond donors (Lipinski definition) is 0. The van der Waals surface area contributed by atoms with E-state index in [0.717, 1.165) is 29.5 Å². The highest BCUT2D eigenvalue weighted by molar-refractivity contribution is 7.26. The summed E-state index contributed by atoms with van der Waals surface area (Å²) in [6.07, 6.45) is 2.28. The molecule has 3 heteroatoms. The fourth-order valence-corrected chi connectivity index (χ4v) is 6.18. The molecule has 0 saturated heterocycles. The fourth-order valence-electron chi connectivity index (χ4n) is 4.98. The zero-order valence-corrected chi connectivity index (χ0v) is 22.2. The Kier molecular flexibility index (Phi) is 5.89. The van der Waals surface area contributed by atoms with Crippen molar-refractivity contribution in [2.45, 2.75) is 52.4 Å². The van der Waals surface area contributed by atoms with Gasteiger partial charge in [0.15, 0.2) is 5.58 Å². The second kappa shape index (κ2) is 9.22. The van der Waals surface area contributed by atoms with E-state index in [2.05, 4.69) is 87.3 Å². The van der Waals surface area contributed by atoms with E-state index in [-0.39, 0.29) is 0 Å². The van der Waals surface area contributed by atoms with Crippen LogP contribution in [0.4, 0.5) is 0 Å². The lowest BCUT2D eigenvalue weighted by atomic mass is 9.91. The Balaban J connectivity index is 1.50. The normalized spacial score (nSPS) is 13.6. The number of nitrogens with zero attached hydrogens (tertiary/aromatic N) is 1. The van der Waals surface area contributed by atoms with Gasteiger partial charge in [-0.2, -0.15) is 0 Å². The van der Waals surface area contributed by atoms with Crippen LogP contribution in [0.1, 0.15) is 63.5 Å². The number of aromatic nitrogens is 1. The van der Waals surface area contributed by atoms with Gasteiger partial charge in [-0.1, -0.05) is 58.0 Å². The Morgan fingerprint density at radius 2 is 1.44 bits per heavy atom. The Morgan fingerprint density at radius 1 is 0.750 bits per heavy atom. The molecule has 6 aromatic rings. The average molecular weight is 490 g/mol. The van der Waals surface area contributed by atoms with E-state index in [9.17, 15) is 0 Å². The van der Waals surface area contributed by atoms with Crippen LogP contribution in [0.5, 0.6) is 0 Å². The highest BCUT2D eigenvalue weighted by Crippen LogP contribution is 2.43. The zero-order chi connectivity index (χ0) is 24.8. The minimum Gasteiger partial charge on any atom is -0.436 e. The molecular formula is C33H31NOS. The minimum absolute atomic E-state index is 0.514. The van der Waals surface area contributed by atoms with Gasteiger partial charge in [0.2, 0.25) is 5.89 Å². The maximum absolute atomic E-state index is 6.01. The Labute approximate surface area is 216 Å². The summed E-state index contributed by atoms with van der Waals surface area (Å²) in [6, 6.07) is 28.6. The van der Waals surface area contributed by atoms with Crippen molar-refractivity contribution in [1.82, 2.24) is 4.98 Å². The molecule has 0 aliphatic carbocycles. The predicted molar refractivity (Wildman–Crippen MR) is 155 cm³/mol. The maximum atomic E-state index is 6.01. The van der Waals surface area contributed by atoms with E-state index in [4.69, 9.17) is 4.42 Å². The van der Waals surface area contributed by atoms with Crippen molar-refractivity contribution in [3.05, 3.63) is 90.0 Å². The van der Waals surface area contributed by atoms with Crippen molar-refractivity contribution < 1.29 is 4.42 Å². The number of thiophene rings is 1. The maximum Gasteiger partial charge on any atom is 0.227 e. The molecule has 0 aliphatic heterocycles. The van der Waals surface area contributed by atoms with E-state index in [1.54, 1.807) is 0 Å². The second-order valence-corrected chi connectivity index (χ2v) is 11.0. The third kappa shape index (κ3) is 3.92. The summed E-state index contributed by atoms with van der Waals surface area (Å²) >= 11 is 1.91. The second-order valence-electron chi connectivity index (χ2n) is 9.99. The summed E-state index contributed by atoms with van der Waals surface area (Å²) in [5.41, 5.74) is 8.11. The summed E-state index contributed by atoms with van der Waals surface area (Å²) in [5.74, 6) is 1.75. The molecule has 2 unspecified atom stereocenters. The highest BCUT2D eigenvalue weighted by atomic mass is 32.1. The lowest BCUT2D eigenvalue weighted by Crippen LogP contribution is -1.93. The summed E-state index contributed by atoms with van der Waals surface area (Å²) in [5, 5.41) is 2.78. The molecule has 2 atom stereocenters. The number of oxazole rings is 1. The van der Waals surface area contributed by atoms with Crippen molar-refractivity contribution in [2.75, 3.05) is 0 Å². The topological polar surface area (TPSA) is 26.0 Å². The highest BCUT2D eigenvalue weighted by Gasteiger charge is 2.17. The number of benzene rings is 4. The molecule has 6 rings (SSSR count). The number of rotatable bonds is 6. The first kappa shape index (κ1) is 23.0. The molecule has 36 heavy (non-hydrogen) atoms. The quantitative estimate of drug-likeness (QED) is 0.232. The van der Waals surface area contributed by atoms with Gasteiger partial charge in [0.1, 0.15) is 5.52 Å². The third-order valence-corrected chi connectivity index (χ3v) is 8.94. The molecular weight excluding hydrogens is 458 g/mol. The van der Waals surface area contributed by atoms with E-state index in [0.29, 0.717) is 17.7 Å². The SMILES string of the molecule is CCC(C)c1ccc2sc3c(-c4ccc(-c5nc6ccccc6o5)cc4)cc(C(C)CC)cc3c2c1. The summed E-state index contributed by atoms with van der Waals surface area (Å²) in [7, 11) is 0. The average Bonchev–Trinajstić information content (AvgIpc) is 3.53. The van der Waals surface area contributed by atoms with Crippen LogP contribution in [0.2, 0.25) is 0 Å². The molecule has 2 nitrogen and oxygen atoms in total. The minimum atomic E-state index is 0.514. The van der Waals surface area contributed by atoms with Crippen molar-refractivity contribution in [2.24, 2.45) is 0 Å². The van der Waals surface area contributed by atoms with Gasteiger partial charge in [-0.3, -0.25) is 0 Å². The van der Waals surface area contributed by atoms with Crippen LogP contribution in [0.25, 0.3) is 53.9 Å². The molecule has 0 fully saturated rings. The van der Waals surface area contributed by atoms with Crippen LogP contribution in [-0.4, -0.2) is 4.98 Å². The first-order valence-electron chi connectivity index (χ1n) is 13.0. The van der Waals surface area contributed by atoms with Crippen LogP contribution in [-0.2, 0) is 0 Å². The van der Waals surface area contributed by atoms with Crippen LogP contribution >= 0.6 is 11.3 Å². The van der Waals surface area contributed by atoms with Gasteiger partial charge in [0.05, 0.1) is 0 Å². The lowest BCUT2D eigenvalue weighted by Gasteiger charge is -2.13. The molecule has 0 N–H and O–H groups in total. The molecule has 0 bridgehead atoms. The summed E-state index contributed by atoms with van der Waals surface area (Å²) in [6.45, 7) is 9.20. The van der Waals surface area contributed by atoms with Gasteiger partial charge in [-0.05, 0) is 95.5 Å². The van der Waals surface area contributed by atoms with E-state index in [1.807, 2.05) is 35.6 Å². The fraction of sp³-hybridized carbons (Fsp3) is 0.242. The molecule has 2 heterocycles. The van der Waals surface area contributed by atoms with E-state index >= 15 is 0 Å². The molecule has 0 radical (unpaired) electrons. The van der Waals surface area contributed by atoms with Gasteiger partial charge < -0.3 is 4.42 Å². The number of fused-ring (bicyclic) bond motifs is 4. The molecule has 4 aromatic carbocycles. The van der Waals surface area contributed by atoms with Crippen molar-refractivity contribution >= 4 is 42.6 Å². The van der Waals surface area contributed by atoms with Crippen molar-refractivity contribution in [3.8, 4) is 22.6 Å². The first-order chi connectivity index (χ1) is 17.6. The smallest absolute Gasteiger partial charge is 0.227 e. The molecule has 0 saturated carbocycles. The number of hydrogen-bond acceptors (Lipinski definition) is 3. The van der Waals surface area contributed by atoms with Gasteiger partial charge >= 0.3 is 0 Å².